The molecule has 0 aromatic heterocycles. The lowest BCUT2D eigenvalue weighted by Crippen LogP contribution is -2.27. The standard InChI is InChI=1S/C10H17NO3.C8H14O2.C8H16O.C7H14O.C5H13N/c1-7(2)10(14)5-4-9(13)6-11-8(3)12;1-6(2)8(10)5-4-7(3)9;1-7(2)5-4-6-8(3)9;1-7(2)5-3-4-6-8;1-5(2)3-4-6/h7H,4-6H2,1-3H3,(H,11,12);6H,4-5H2,1-3H3;7H,4-6H2,1-3H3;6-7H,3-5H2,1-2H3;5H,3-4,6H2,1-2H3. The van der Waals surface area contributed by atoms with E-state index in [1.165, 1.54) is 26.7 Å². The Hall–Kier alpha value is -2.55. The maximum absolute atomic E-state index is 11.1. The molecule has 0 heterocycles. The highest BCUT2D eigenvalue weighted by Crippen LogP contribution is 2.06. The number of hydrogen-bond donors (Lipinski definition) is 2. The molecule has 0 saturated carbocycles. The van der Waals surface area contributed by atoms with E-state index < -0.39 is 0 Å². The fourth-order valence-electron chi connectivity index (χ4n) is 3.15. The highest BCUT2D eigenvalue weighted by atomic mass is 16.2. The molecule has 0 unspecified atom stereocenters. The van der Waals surface area contributed by atoms with Gasteiger partial charge in [0.05, 0.1) is 6.54 Å². The number of nitrogens with one attached hydrogen (secondary N) is 1. The van der Waals surface area contributed by atoms with Crippen LogP contribution in [0.4, 0.5) is 0 Å². The van der Waals surface area contributed by atoms with Crippen LogP contribution in [0.15, 0.2) is 0 Å². The van der Waals surface area contributed by atoms with E-state index in [0.29, 0.717) is 18.6 Å². The summed E-state index contributed by atoms with van der Waals surface area (Å²) in [7, 11) is 0. The minimum atomic E-state index is -0.228. The Morgan fingerprint density at radius 3 is 1.28 bits per heavy atom. The lowest BCUT2D eigenvalue weighted by molar-refractivity contribution is -0.126. The number of Topliss-reactive ketones (excluding diaryl/α,β-unsaturated/α-hetero) is 5. The quantitative estimate of drug-likeness (QED) is 0.0986. The summed E-state index contributed by atoms with van der Waals surface area (Å²) in [4.78, 5) is 74.2. The van der Waals surface area contributed by atoms with Gasteiger partial charge in [0, 0.05) is 57.3 Å². The van der Waals surface area contributed by atoms with Gasteiger partial charge in [-0.3, -0.25) is 19.2 Å². The van der Waals surface area contributed by atoms with Crippen molar-refractivity contribution in [3.05, 3.63) is 0 Å². The molecule has 9 nitrogen and oxygen atoms in total. The molecule has 0 atom stereocenters. The molecule has 0 saturated heterocycles. The number of carbonyl (C=O) groups excluding carboxylic acids is 7. The first kappa shape index (κ1) is 53.9. The van der Waals surface area contributed by atoms with Crippen molar-refractivity contribution in [1.29, 1.82) is 0 Å². The van der Waals surface area contributed by atoms with E-state index in [9.17, 15) is 33.6 Å². The molecular weight excluding hydrogens is 596 g/mol. The van der Waals surface area contributed by atoms with Crippen molar-refractivity contribution < 1.29 is 33.6 Å². The smallest absolute Gasteiger partial charge is 0.217 e. The first-order valence-corrected chi connectivity index (χ1v) is 17.6. The monoisotopic (exact) mass is 671 g/mol. The van der Waals surface area contributed by atoms with Crippen molar-refractivity contribution in [3.8, 4) is 0 Å². The highest BCUT2D eigenvalue weighted by Gasteiger charge is 2.10. The van der Waals surface area contributed by atoms with E-state index in [1.54, 1.807) is 20.8 Å². The van der Waals surface area contributed by atoms with Gasteiger partial charge < -0.3 is 25.4 Å². The summed E-state index contributed by atoms with van der Waals surface area (Å²) in [6.45, 7) is 25.7. The third kappa shape index (κ3) is 62.9. The summed E-state index contributed by atoms with van der Waals surface area (Å²) < 4.78 is 0. The highest BCUT2D eigenvalue weighted by molar-refractivity contribution is 5.89. The Morgan fingerprint density at radius 1 is 0.574 bits per heavy atom. The molecule has 0 aliphatic carbocycles. The molecule has 0 rings (SSSR count). The van der Waals surface area contributed by atoms with E-state index in [1.807, 2.05) is 13.8 Å². The second-order valence-corrected chi connectivity index (χ2v) is 13.8. The Labute approximate surface area is 288 Å². The van der Waals surface area contributed by atoms with Crippen molar-refractivity contribution in [2.45, 2.75) is 161 Å². The Bertz CT molecular complexity index is 832. The number of nitrogens with two attached hydrogens (primary N) is 1. The van der Waals surface area contributed by atoms with Gasteiger partial charge in [0.1, 0.15) is 29.4 Å². The molecule has 0 aliphatic heterocycles. The summed E-state index contributed by atoms with van der Waals surface area (Å²) in [5, 5.41) is 2.40. The Kier molecular flexibility index (Phi) is 43.5. The summed E-state index contributed by atoms with van der Waals surface area (Å²) in [5.41, 5.74) is 5.23. The van der Waals surface area contributed by atoms with Crippen LogP contribution in [0.3, 0.4) is 0 Å². The fourth-order valence-corrected chi connectivity index (χ4v) is 3.15. The van der Waals surface area contributed by atoms with Gasteiger partial charge in [-0.05, 0) is 57.4 Å². The molecule has 3 N–H and O–H groups in total. The van der Waals surface area contributed by atoms with Crippen LogP contribution in [0.2, 0.25) is 0 Å². The van der Waals surface area contributed by atoms with Crippen LogP contribution in [0.5, 0.6) is 0 Å². The van der Waals surface area contributed by atoms with Crippen molar-refractivity contribution in [3.63, 3.8) is 0 Å². The molecule has 278 valence electrons. The van der Waals surface area contributed by atoms with Crippen molar-refractivity contribution in [1.82, 2.24) is 5.32 Å². The molecule has 0 spiro atoms. The summed E-state index contributed by atoms with van der Waals surface area (Å²) in [5.74, 6) is 2.64. The lowest BCUT2D eigenvalue weighted by Gasteiger charge is -2.03. The van der Waals surface area contributed by atoms with Gasteiger partial charge in [0.15, 0.2) is 5.78 Å². The number of unbranched alkanes of at least 4 members (excludes halogenated alkanes) is 1. The molecule has 0 fully saturated rings. The first-order valence-electron chi connectivity index (χ1n) is 17.6. The maximum Gasteiger partial charge on any atom is 0.217 e. The molecule has 0 aromatic rings. The van der Waals surface area contributed by atoms with Gasteiger partial charge in [0.2, 0.25) is 5.91 Å². The van der Waals surface area contributed by atoms with Gasteiger partial charge in [0.25, 0.3) is 0 Å². The number of hydrogen-bond acceptors (Lipinski definition) is 8. The van der Waals surface area contributed by atoms with Crippen molar-refractivity contribution in [2.75, 3.05) is 13.1 Å². The molecule has 0 aliphatic rings. The van der Waals surface area contributed by atoms with Crippen LogP contribution in [-0.2, 0) is 33.6 Å². The fraction of sp³-hybridized carbons (Fsp3) is 0.816. The van der Waals surface area contributed by atoms with E-state index >= 15 is 0 Å². The third-order valence-corrected chi connectivity index (χ3v) is 6.35. The average Bonchev–Trinajstić information content (AvgIpc) is 2.94. The number of ketones is 5. The average molecular weight is 671 g/mol. The second-order valence-electron chi connectivity index (χ2n) is 13.8. The predicted octanol–water partition coefficient (Wildman–Crippen LogP) is 7.68. The molecule has 0 bridgehead atoms. The van der Waals surface area contributed by atoms with Crippen LogP contribution in [0.25, 0.3) is 0 Å². The Morgan fingerprint density at radius 2 is 0.979 bits per heavy atom. The largest absolute Gasteiger partial charge is 0.349 e. The number of aldehydes is 1. The van der Waals surface area contributed by atoms with Gasteiger partial charge in [-0.2, -0.15) is 0 Å². The van der Waals surface area contributed by atoms with Crippen LogP contribution in [0, 0.1) is 29.6 Å². The van der Waals surface area contributed by atoms with Crippen LogP contribution < -0.4 is 11.1 Å². The summed E-state index contributed by atoms with van der Waals surface area (Å²) in [6, 6.07) is 0. The zero-order chi connectivity index (χ0) is 38.0. The van der Waals surface area contributed by atoms with Crippen molar-refractivity contribution in [2.24, 2.45) is 35.3 Å². The minimum absolute atomic E-state index is 0.0245. The molecule has 1 amide bonds. The minimum Gasteiger partial charge on any atom is -0.349 e. The van der Waals surface area contributed by atoms with Crippen LogP contribution >= 0.6 is 0 Å². The van der Waals surface area contributed by atoms with E-state index in [0.717, 1.165) is 62.7 Å². The lowest BCUT2D eigenvalue weighted by atomic mass is 10.0. The van der Waals surface area contributed by atoms with Gasteiger partial charge in [-0.15, -0.1) is 0 Å². The zero-order valence-electron chi connectivity index (χ0n) is 32.6. The van der Waals surface area contributed by atoms with Crippen LogP contribution in [-0.4, -0.2) is 54.2 Å². The zero-order valence-corrected chi connectivity index (χ0v) is 32.6. The summed E-state index contributed by atoms with van der Waals surface area (Å²) >= 11 is 0. The molecule has 0 aromatic carbocycles. The molecular formula is C38H74N2O7. The predicted molar refractivity (Wildman–Crippen MR) is 195 cm³/mol. The van der Waals surface area contributed by atoms with E-state index in [2.05, 4.69) is 46.9 Å². The number of carbonyl (C=O) groups is 7. The molecule has 9 heteroatoms. The van der Waals surface area contributed by atoms with Crippen molar-refractivity contribution >= 4 is 41.1 Å². The number of rotatable bonds is 20. The topological polar surface area (TPSA) is 158 Å². The second kappa shape index (κ2) is 37.9. The summed E-state index contributed by atoms with van der Waals surface area (Å²) in [6.07, 6.45) is 9.42. The van der Waals surface area contributed by atoms with Gasteiger partial charge >= 0.3 is 0 Å². The normalized spacial score (nSPS) is 10.0. The van der Waals surface area contributed by atoms with E-state index in [4.69, 9.17) is 5.73 Å². The third-order valence-electron chi connectivity index (χ3n) is 6.35. The SMILES string of the molecule is CC(=O)CCC(=O)C(C)C.CC(=O)CCCC(C)C.CC(=O)NCC(=O)CCC(=O)C(C)C.CC(C)CCCC=O.CC(C)CCN. The van der Waals surface area contributed by atoms with E-state index in [-0.39, 0.29) is 60.3 Å². The van der Waals surface area contributed by atoms with Crippen LogP contribution in [0.1, 0.15) is 161 Å². The Balaban J connectivity index is -0.000000161. The van der Waals surface area contributed by atoms with Gasteiger partial charge in [-0.25, -0.2) is 0 Å². The first-order chi connectivity index (χ1) is 21.6. The molecule has 0 radical (unpaired) electrons. The van der Waals surface area contributed by atoms with Gasteiger partial charge in [-0.1, -0.05) is 82.1 Å². The number of amides is 1. The molecule has 47 heavy (non-hydrogen) atoms. The maximum atomic E-state index is 11.1.